The number of nitrogens with one attached hydrogen (secondary N) is 1. The summed E-state index contributed by atoms with van der Waals surface area (Å²) in [6, 6.07) is 8.51. The molecule has 0 saturated heterocycles. The SMILES string of the molecule is O=C(COc1cc(C(F)(F)F)nn1-c1ccccc1Cl)Nc1cccc(C(F)(F)F)c1F. The summed E-state index contributed by atoms with van der Waals surface area (Å²) in [5, 5.41) is 5.31. The molecule has 1 N–H and O–H groups in total. The van der Waals surface area contributed by atoms with Gasteiger partial charge >= 0.3 is 12.4 Å². The lowest BCUT2D eigenvalue weighted by molar-refractivity contribution is -0.141. The molecule has 0 radical (unpaired) electrons. The molecule has 0 fully saturated rings. The maximum absolute atomic E-state index is 14.0. The number of benzene rings is 2. The lowest BCUT2D eigenvalue weighted by Crippen LogP contribution is -2.22. The normalized spacial score (nSPS) is 12.0. The summed E-state index contributed by atoms with van der Waals surface area (Å²) in [6.07, 6.45) is -9.83. The summed E-state index contributed by atoms with van der Waals surface area (Å²) in [6.45, 7) is -0.955. The van der Waals surface area contributed by atoms with E-state index in [-0.39, 0.29) is 10.7 Å². The Balaban J connectivity index is 1.82. The molecule has 0 aliphatic rings. The van der Waals surface area contributed by atoms with Gasteiger partial charge in [-0.15, -0.1) is 0 Å². The summed E-state index contributed by atoms with van der Waals surface area (Å²) < 4.78 is 97.4. The summed E-state index contributed by atoms with van der Waals surface area (Å²) in [7, 11) is 0. The number of hydrogen-bond donors (Lipinski definition) is 1. The molecular formula is C19H11ClF7N3O2. The molecule has 5 nitrogen and oxygen atoms in total. The molecule has 1 heterocycles. The second kappa shape index (κ2) is 8.69. The van der Waals surface area contributed by atoms with Crippen LogP contribution in [0.4, 0.5) is 36.4 Å². The van der Waals surface area contributed by atoms with Gasteiger partial charge in [0.2, 0.25) is 5.88 Å². The van der Waals surface area contributed by atoms with Gasteiger partial charge in [-0.05, 0) is 24.3 Å². The van der Waals surface area contributed by atoms with Crippen molar-refractivity contribution in [3.63, 3.8) is 0 Å². The fraction of sp³-hybridized carbons (Fsp3) is 0.158. The Morgan fingerprint density at radius 3 is 2.34 bits per heavy atom. The van der Waals surface area contributed by atoms with E-state index in [9.17, 15) is 35.5 Å². The third kappa shape index (κ3) is 5.13. The molecule has 2 aromatic carbocycles. The van der Waals surface area contributed by atoms with Crippen LogP contribution in [-0.2, 0) is 17.1 Å². The molecule has 3 rings (SSSR count). The molecule has 0 atom stereocenters. The zero-order valence-corrected chi connectivity index (χ0v) is 16.3. The number of hydrogen-bond acceptors (Lipinski definition) is 3. The predicted octanol–water partition coefficient (Wildman–Crippen LogP) is 5.72. The van der Waals surface area contributed by atoms with Crippen molar-refractivity contribution in [1.82, 2.24) is 9.78 Å². The standard InChI is InChI=1S/C19H11ClF7N3O2/c20-11-5-1-2-7-13(11)30-16(8-14(29-30)19(25,26)27)32-9-15(31)28-12-6-3-4-10(17(12)21)18(22,23)24/h1-8H,9H2,(H,28,31). The zero-order chi connectivity index (χ0) is 23.7. The lowest BCUT2D eigenvalue weighted by Gasteiger charge is -2.13. The molecule has 0 bridgehead atoms. The zero-order valence-electron chi connectivity index (χ0n) is 15.6. The fourth-order valence-corrected chi connectivity index (χ4v) is 2.79. The van der Waals surface area contributed by atoms with Crippen LogP contribution in [0.3, 0.4) is 0 Å². The number of rotatable bonds is 5. The molecule has 170 valence electrons. The summed E-state index contributed by atoms with van der Waals surface area (Å²) in [5.41, 5.74) is -3.69. The van der Waals surface area contributed by atoms with Crippen LogP contribution in [0, 0.1) is 5.82 Å². The first-order valence-corrected chi connectivity index (χ1v) is 8.96. The van der Waals surface area contributed by atoms with E-state index in [2.05, 4.69) is 5.10 Å². The maximum Gasteiger partial charge on any atom is 0.435 e. The van der Waals surface area contributed by atoms with E-state index in [1.165, 1.54) is 24.3 Å². The smallest absolute Gasteiger partial charge is 0.435 e. The molecule has 0 saturated carbocycles. The lowest BCUT2D eigenvalue weighted by atomic mass is 10.1. The van der Waals surface area contributed by atoms with Crippen LogP contribution in [-0.4, -0.2) is 22.3 Å². The Morgan fingerprint density at radius 1 is 1.03 bits per heavy atom. The highest BCUT2D eigenvalue weighted by atomic mass is 35.5. The van der Waals surface area contributed by atoms with E-state index in [4.69, 9.17) is 16.3 Å². The molecule has 32 heavy (non-hydrogen) atoms. The van der Waals surface area contributed by atoms with Gasteiger partial charge in [-0.25, -0.2) is 4.39 Å². The number of amides is 1. The topological polar surface area (TPSA) is 56.1 Å². The maximum atomic E-state index is 14.0. The summed E-state index contributed by atoms with van der Waals surface area (Å²) in [4.78, 5) is 12.1. The van der Waals surface area contributed by atoms with E-state index in [0.717, 1.165) is 12.1 Å². The van der Waals surface area contributed by atoms with Crippen molar-refractivity contribution >= 4 is 23.2 Å². The molecule has 0 spiro atoms. The summed E-state index contributed by atoms with van der Waals surface area (Å²) in [5.74, 6) is -3.36. The second-order valence-electron chi connectivity index (χ2n) is 6.23. The molecule has 13 heteroatoms. The Morgan fingerprint density at radius 2 is 1.72 bits per heavy atom. The number of anilines is 1. The van der Waals surface area contributed by atoms with Crippen LogP contribution in [0.2, 0.25) is 5.02 Å². The Kier molecular flexibility index (Phi) is 6.35. The first-order valence-electron chi connectivity index (χ1n) is 8.58. The van der Waals surface area contributed by atoms with Crippen molar-refractivity contribution in [2.45, 2.75) is 12.4 Å². The van der Waals surface area contributed by atoms with Gasteiger partial charge in [0.1, 0.15) is 0 Å². The van der Waals surface area contributed by atoms with Gasteiger partial charge in [-0.2, -0.15) is 36.1 Å². The largest absolute Gasteiger partial charge is 0.467 e. The molecule has 3 aromatic rings. The van der Waals surface area contributed by atoms with Crippen LogP contribution in [0.25, 0.3) is 5.69 Å². The Bertz CT molecular complexity index is 1140. The minimum Gasteiger partial charge on any atom is -0.467 e. The highest BCUT2D eigenvalue weighted by Crippen LogP contribution is 2.35. The van der Waals surface area contributed by atoms with Gasteiger partial charge in [0.25, 0.3) is 5.91 Å². The number of alkyl halides is 6. The first-order chi connectivity index (χ1) is 14.9. The number of para-hydroxylation sites is 1. The van der Waals surface area contributed by atoms with Crippen LogP contribution in [0.1, 0.15) is 11.3 Å². The van der Waals surface area contributed by atoms with Crippen molar-refractivity contribution in [1.29, 1.82) is 0 Å². The number of aromatic nitrogens is 2. The van der Waals surface area contributed by atoms with Crippen LogP contribution < -0.4 is 10.1 Å². The molecule has 0 aliphatic carbocycles. The van der Waals surface area contributed by atoms with Gasteiger partial charge < -0.3 is 10.1 Å². The fourth-order valence-electron chi connectivity index (χ4n) is 2.57. The quantitative estimate of drug-likeness (QED) is 0.474. The van der Waals surface area contributed by atoms with E-state index in [0.29, 0.717) is 16.8 Å². The van der Waals surface area contributed by atoms with Crippen molar-refractivity contribution in [2.24, 2.45) is 0 Å². The summed E-state index contributed by atoms with van der Waals surface area (Å²) >= 11 is 5.98. The third-order valence-electron chi connectivity index (χ3n) is 3.98. The number of halogens is 8. The van der Waals surface area contributed by atoms with Crippen molar-refractivity contribution in [2.75, 3.05) is 11.9 Å². The number of ether oxygens (including phenoxy) is 1. The Labute approximate surface area is 180 Å². The number of nitrogens with zero attached hydrogens (tertiary/aromatic N) is 2. The minimum atomic E-state index is -4.99. The predicted molar refractivity (Wildman–Crippen MR) is 99.1 cm³/mol. The molecular weight excluding hydrogens is 471 g/mol. The first kappa shape index (κ1) is 23.4. The highest BCUT2D eigenvalue weighted by molar-refractivity contribution is 6.32. The molecule has 1 amide bonds. The molecule has 0 unspecified atom stereocenters. The Hall–Kier alpha value is -3.28. The third-order valence-corrected chi connectivity index (χ3v) is 4.30. The highest BCUT2D eigenvalue weighted by Gasteiger charge is 2.36. The monoisotopic (exact) mass is 481 g/mol. The van der Waals surface area contributed by atoms with Crippen molar-refractivity contribution in [3.05, 3.63) is 70.6 Å². The van der Waals surface area contributed by atoms with E-state index < -0.39 is 53.5 Å². The molecule has 1 aromatic heterocycles. The van der Waals surface area contributed by atoms with E-state index >= 15 is 0 Å². The van der Waals surface area contributed by atoms with Crippen LogP contribution in [0.15, 0.2) is 48.5 Å². The minimum absolute atomic E-state index is 0.0176. The molecule has 0 aliphatic heterocycles. The van der Waals surface area contributed by atoms with Crippen LogP contribution >= 0.6 is 11.6 Å². The van der Waals surface area contributed by atoms with Crippen molar-refractivity contribution < 1.29 is 40.3 Å². The van der Waals surface area contributed by atoms with E-state index in [1.807, 2.05) is 5.32 Å². The van der Waals surface area contributed by atoms with E-state index in [1.54, 1.807) is 0 Å². The van der Waals surface area contributed by atoms with Gasteiger partial charge in [0.05, 0.1) is 22.0 Å². The second-order valence-corrected chi connectivity index (χ2v) is 6.64. The average Bonchev–Trinajstić information content (AvgIpc) is 3.12. The van der Waals surface area contributed by atoms with Gasteiger partial charge in [0, 0.05) is 6.07 Å². The van der Waals surface area contributed by atoms with Gasteiger partial charge in [-0.1, -0.05) is 29.8 Å². The number of carbonyl (C=O) groups is 1. The van der Waals surface area contributed by atoms with Crippen LogP contribution in [0.5, 0.6) is 5.88 Å². The van der Waals surface area contributed by atoms with Gasteiger partial charge in [-0.3, -0.25) is 4.79 Å². The average molecular weight is 482 g/mol. The van der Waals surface area contributed by atoms with Gasteiger partial charge in [0.15, 0.2) is 18.1 Å². The van der Waals surface area contributed by atoms with Crippen molar-refractivity contribution in [3.8, 4) is 11.6 Å². The number of carbonyl (C=O) groups excluding carboxylic acids is 1.